The molecule has 0 unspecified atom stereocenters. The molecule has 0 N–H and O–H groups in total. The van der Waals surface area contributed by atoms with Crippen molar-refractivity contribution in [3.63, 3.8) is 0 Å². The zero-order chi connectivity index (χ0) is 12.4. The summed E-state index contributed by atoms with van der Waals surface area (Å²) in [4.78, 5) is 5.24. The van der Waals surface area contributed by atoms with Crippen LogP contribution in [0, 0.1) is 0 Å². The van der Waals surface area contributed by atoms with Gasteiger partial charge in [-0.15, -0.1) is 0 Å². The third kappa shape index (κ3) is 2.57. The van der Waals surface area contributed by atoms with Gasteiger partial charge in [0.1, 0.15) is 6.61 Å². The second kappa shape index (κ2) is 5.00. The Morgan fingerprint density at radius 1 is 1.41 bits per heavy atom. The first kappa shape index (κ1) is 12.3. The van der Waals surface area contributed by atoms with Crippen molar-refractivity contribution in [2.75, 3.05) is 6.61 Å². The Morgan fingerprint density at radius 2 is 2.12 bits per heavy atom. The van der Waals surface area contributed by atoms with Gasteiger partial charge < -0.3 is 4.74 Å². The maximum absolute atomic E-state index is 12.2. The summed E-state index contributed by atoms with van der Waals surface area (Å²) in [6, 6.07) is 7.82. The van der Waals surface area contributed by atoms with Crippen LogP contribution in [0.5, 0.6) is 0 Å². The first-order valence-electron chi connectivity index (χ1n) is 5.80. The van der Waals surface area contributed by atoms with Crippen molar-refractivity contribution in [2.45, 2.75) is 37.0 Å². The molecule has 2 rings (SSSR count). The highest BCUT2D eigenvalue weighted by Crippen LogP contribution is 2.20. The van der Waals surface area contributed by atoms with Crippen LogP contribution in [0.25, 0.3) is 0 Å². The maximum atomic E-state index is 12.2. The standard InChI is InChI=1S/C13H17NO2S/c1-9(2)17(15)12-7-5-4-6-11(12)13-14-10(3)8-16-13/h4-7,9-10H,8H2,1-3H3/t10-,17+/m0/s1. The van der Waals surface area contributed by atoms with E-state index >= 15 is 0 Å². The summed E-state index contributed by atoms with van der Waals surface area (Å²) in [5.41, 5.74) is 0.865. The van der Waals surface area contributed by atoms with Gasteiger partial charge in [0, 0.05) is 5.25 Å². The van der Waals surface area contributed by atoms with Gasteiger partial charge in [0.15, 0.2) is 0 Å². The quantitative estimate of drug-likeness (QED) is 0.827. The average molecular weight is 251 g/mol. The third-order valence-corrected chi connectivity index (χ3v) is 4.21. The van der Waals surface area contributed by atoms with Gasteiger partial charge in [0.2, 0.25) is 5.90 Å². The minimum absolute atomic E-state index is 0.0931. The van der Waals surface area contributed by atoms with Gasteiger partial charge >= 0.3 is 0 Å². The van der Waals surface area contributed by atoms with Gasteiger partial charge in [0.05, 0.1) is 27.3 Å². The Hall–Kier alpha value is -1.16. The van der Waals surface area contributed by atoms with E-state index in [-0.39, 0.29) is 11.3 Å². The molecule has 1 aromatic rings. The van der Waals surface area contributed by atoms with Crippen LogP contribution < -0.4 is 0 Å². The molecule has 0 radical (unpaired) electrons. The van der Waals surface area contributed by atoms with Crippen molar-refractivity contribution in [1.29, 1.82) is 0 Å². The fourth-order valence-corrected chi connectivity index (χ4v) is 2.79. The molecular formula is C13H17NO2S. The van der Waals surface area contributed by atoms with Crippen molar-refractivity contribution >= 4 is 16.7 Å². The zero-order valence-electron chi connectivity index (χ0n) is 10.3. The Kier molecular flexibility index (Phi) is 3.62. The topological polar surface area (TPSA) is 38.7 Å². The number of benzene rings is 1. The predicted molar refractivity (Wildman–Crippen MR) is 69.9 cm³/mol. The molecular weight excluding hydrogens is 234 g/mol. The Labute approximate surface area is 104 Å². The van der Waals surface area contributed by atoms with Gasteiger partial charge in [0.25, 0.3) is 0 Å². The van der Waals surface area contributed by atoms with Gasteiger partial charge in [-0.2, -0.15) is 0 Å². The highest BCUT2D eigenvalue weighted by atomic mass is 32.2. The van der Waals surface area contributed by atoms with E-state index < -0.39 is 10.8 Å². The molecule has 3 nitrogen and oxygen atoms in total. The van der Waals surface area contributed by atoms with Crippen LogP contribution in [0.3, 0.4) is 0 Å². The molecule has 0 spiro atoms. The van der Waals surface area contributed by atoms with E-state index in [2.05, 4.69) is 4.99 Å². The second-order valence-corrected chi connectivity index (χ2v) is 6.41. The number of ether oxygens (including phenoxy) is 1. The Bertz CT molecular complexity index is 468. The number of hydrogen-bond donors (Lipinski definition) is 0. The summed E-state index contributed by atoms with van der Waals surface area (Å²) in [6.07, 6.45) is 0. The van der Waals surface area contributed by atoms with Crippen LogP contribution in [-0.2, 0) is 15.5 Å². The van der Waals surface area contributed by atoms with Crippen LogP contribution in [0.4, 0.5) is 0 Å². The molecule has 17 heavy (non-hydrogen) atoms. The molecule has 0 bridgehead atoms. The van der Waals surface area contributed by atoms with Crippen LogP contribution in [-0.4, -0.2) is 28.0 Å². The van der Waals surface area contributed by atoms with Gasteiger partial charge in [-0.3, -0.25) is 4.21 Å². The maximum Gasteiger partial charge on any atom is 0.217 e. The van der Waals surface area contributed by atoms with E-state index in [1.165, 1.54) is 0 Å². The molecule has 1 aromatic carbocycles. The minimum Gasteiger partial charge on any atom is -0.475 e. The molecule has 0 saturated carbocycles. The van der Waals surface area contributed by atoms with Gasteiger partial charge in [-0.25, -0.2) is 4.99 Å². The summed E-state index contributed by atoms with van der Waals surface area (Å²) in [5.74, 6) is 0.627. The lowest BCUT2D eigenvalue weighted by Gasteiger charge is -2.10. The SMILES string of the molecule is CC(C)[S@@](=O)c1ccccc1C1=N[C@@H](C)CO1. The van der Waals surface area contributed by atoms with Crippen LogP contribution in [0.1, 0.15) is 26.3 Å². The van der Waals surface area contributed by atoms with E-state index in [1.54, 1.807) is 0 Å². The molecule has 2 atom stereocenters. The van der Waals surface area contributed by atoms with Gasteiger partial charge in [-0.1, -0.05) is 26.0 Å². The summed E-state index contributed by atoms with van der Waals surface area (Å²) in [7, 11) is -1.01. The number of rotatable bonds is 3. The van der Waals surface area contributed by atoms with E-state index in [9.17, 15) is 4.21 Å². The smallest absolute Gasteiger partial charge is 0.217 e. The molecule has 92 valence electrons. The molecule has 0 fully saturated rings. The van der Waals surface area contributed by atoms with E-state index in [0.717, 1.165) is 10.5 Å². The fraction of sp³-hybridized carbons (Fsp3) is 0.462. The van der Waals surface area contributed by atoms with Crippen molar-refractivity contribution in [2.24, 2.45) is 4.99 Å². The van der Waals surface area contributed by atoms with Crippen molar-refractivity contribution in [1.82, 2.24) is 0 Å². The number of nitrogens with zero attached hydrogens (tertiary/aromatic N) is 1. The van der Waals surface area contributed by atoms with E-state index in [4.69, 9.17) is 4.74 Å². The Morgan fingerprint density at radius 3 is 2.71 bits per heavy atom. The van der Waals surface area contributed by atoms with E-state index in [1.807, 2.05) is 45.0 Å². The Balaban J connectivity index is 2.41. The van der Waals surface area contributed by atoms with E-state index in [0.29, 0.717) is 12.5 Å². The predicted octanol–water partition coefficient (Wildman–Crippen LogP) is 2.37. The molecule has 4 heteroatoms. The largest absolute Gasteiger partial charge is 0.475 e. The zero-order valence-corrected chi connectivity index (χ0v) is 11.2. The fourth-order valence-electron chi connectivity index (χ4n) is 1.69. The first-order chi connectivity index (χ1) is 8.09. The highest BCUT2D eigenvalue weighted by Gasteiger charge is 2.21. The number of hydrogen-bond acceptors (Lipinski definition) is 3. The second-order valence-electron chi connectivity index (χ2n) is 4.44. The molecule has 1 aliphatic heterocycles. The lowest BCUT2D eigenvalue weighted by molar-refractivity contribution is 0.323. The summed E-state index contributed by atoms with van der Waals surface area (Å²) < 4.78 is 17.7. The van der Waals surface area contributed by atoms with Crippen LogP contribution >= 0.6 is 0 Å². The summed E-state index contributed by atoms with van der Waals surface area (Å²) in [5, 5.41) is 0.0931. The van der Waals surface area contributed by atoms with Crippen molar-refractivity contribution in [3.8, 4) is 0 Å². The minimum atomic E-state index is -1.01. The van der Waals surface area contributed by atoms with Crippen LogP contribution in [0.15, 0.2) is 34.2 Å². The molecule has 0 aromatic heterocycles. The molecule has 1 heterocycles. The number of aliphatic imine (C=N–C) groups is 1. The van der Waals surface area contributed by atoms with Crippen molar-refractivity contribution < 1.29 is 8.95 Å². The van der Waals surface area contributed by atoms with Crippen molar-refractivity contribution in [3.05, 3.63) is 29.8 Å². The summed E-state index contributed by atoms with van der Waals surface area (Å²) in [6.45, 7) is 6.52. The molecule has 0 amide bonds. The van der Waals surface area contributed by atoms with Crippen LogP contribution in [0.2, 0.25) is 0 Å². The lowest BCUT2D eigenvalue weighted by atomic mass is 10.2. The normalized spacial score (nSPS) is 21.2. The summed E-state index contributed by atoms with van der Waals surface area (Å²) >= 11 is 0. The van der Waals surface area contributed by atoms with Gasteiger partial charge in [-0.05, 0) is 19.1 Å². The monoisotopic (exact) mass is 251 g/mol. The highest BCUT2D eigenvalue weighted by molar-refractivity contribution is 7.85. The lowest BCUT2D eigenvalue weighted by Crippen LogP contribution is -2.12. The third-order valence-electron chi connectivity index (χ3n) is 2.56. The first-order valence-corrected chi connectivity index (χ1v) is 7.01. The molecule has 0 saturated heterocycles. The molecule has 0 aliphatic carbocycles. The average Bonchev–Trinajstić information content (AvgIpc) is 2.74. The molecule has 1 aliphatic rings.